The molecule has 6 nitrogen and oxygen atoms in total. The van der Waals surface area contributed by atoms with Crippen molar-refractivity contribution in [2.24, 2.45) is 5.92 Å². The molecule has 1 aliphatic rings. The number of rotatable bonds is 6. The zero-order valence-electron chi connectivity index (χ0n) is 15.3. The van der Waals surface area contributed by atoms with E-state index in [2.05, 4.69) is 5.32 Å². The summed E-state index contributed by atoms with van der Waals surface area (Å²) >= 11 is 0. The second-order valence-corrected chi connectivity index (χ2v) is 6.19. The summed E-state index contributed by atoms with van der Waals surface area (Å²) in [7, 11) is 0. The molecule has 0 aromatic heterocycles. The molecule has 0 saturated carbocycles. The molecule has 1 heterocycles. The van der Waals surface area contributed by atoms with Gasteiger partial charge >= 0.3 is 12.0 Å². The Labute approximate surface area is 149 Å². The van der Waals surface area contributed by atoms with Crippen LogP contribution in [-0.2, 0) is 9.53 Å². The Morgan fingerprint density at radius 2 is 1.96 bits per heavy atom. The number of nitrogens with one attached hydrogen (secondary N) is 1. The maximum Gasteiger partial charge on any atom is 0.317 e. The van der Waals surface area contributed by atoms with Crippen molar-refractivity contribution in [2.45, 2.75) is 39.7 Å². The molecule has 1 aromatic rings. The molecular formula is C19H28N2O4. The van der Waals surface area contributed by atoms with Crippen LogP contribution < -0.4 is 10.1 Å². The topological polar surface area (TPSA) is 67.9 Å². The molecule has 0 spiro atoms. The molecule has 2 rings (SSSR count). The van der Waals surface area contributed by atoms with Gasteiger partial charge in [-0.05, 0) is 51.3 Å². The highest BCUT2D eigenvalue weighted by Crippen LogP contribution is 2.21. The maximum atomic E-state index is 12.5. The smallest absolute Gasteiger partial charge is 0.317 e. The molecular weight excluding hydrogens is 320 g/mol. The van der Waals surface area contributed by atoms with E-state index in [1.807, 2.05) is 45.0 Å². The van der Waals surface area contributed by atoms with E-state index < -0.39 is 0 Å². The number of carbonyl (C=O) groups excluding carboxylic acids is 2. The van der Waals surface area contributed by atoms with Crippen LogP contribution in [0.1, 0.15) is 45.2 Å². The van der Waals surface area contributed by atoms with E-state index in [-0.39, 0.29) is 24.0 Å². The van der Waals surface area contributed by atoms with Crippen molar-refractivity contribution in [3.63, 3.8) is 0 Å². The van der Waals surface area contributed by atoms with Gasteiger partial charge in [-0.1, -0.05) is 12.1 Å². The molecule has 25 heavy (non-hydrogen) atoms. The molecule has 1 N–H and O–H groups in total. The Morgan fingerprint density at radius 3 is 2.60 bits per heavy atom. The fourth-order valence-electron chi connectivity index (χ4n) is 2.98. The predicted octanol–water partition coefficient (Wildman–Crippen LogP) is 3.13. The van der Waals surface area contributed by atoms with Crippen LogP contribution >= 0.6 is 0 Å². The van der Waals surface area contributed by atoms with E-state index in [4.69, 9.17) is 9.47 Å². The van der Waals surface area contributed by atoms with Gasteiger partial charge < -0.3 is 19.7 Å². The number of carbonyl (C=O) groups is 2. The fourth-order valence-corrected chi connectivity index (χ4v) is 2.98. The highest BCUT2D eigenvalue weighted by molar-refractivity contribution is 5.76. The van der Waals surface area contributed by atoms with Crippen molar-refractivity contribution in [2.75, 3.05) is 26.3 Å². The average Bonchev–Trinajstić information content (AvgIpc) is 2.62. The third-order valence-electron chi connectivity index (χ3n) is 4.41. The first-order valence-electron chi connectivity index (χ1n) is 9.00. The van der Waals surface area contributed by atoms with Gasteiger partial charge in [-0.25, -0.2) is 4.79 Å². The van der Waals surface area contributed by atoms with Gasteiger partial charge in [0, 0.05) is 13.1 Å². The lowest BCUT2D eigenvalue weighted by atomic mass is 9.97. The lowest BCUT2D eigenvalue weighted by molar-refractivity contribution is -0.149. The van der Waals surface area contributed by atoms with Crippen molar-refractivity contribution in [1.29, 1.82) is 0 Å². The van der Waals surface area contributed by atoms with Crippen LogP contribution in [-0.4, -0.2) is 43.2 Å². The summed E-state index contributed by atoms with van der Waals surface area (Å²) in [5.74, 6) is 0.560. The Kier molecular flexibility index (Phi) is 7.10. The molecule has 138 valence electrons. The minimum Gasteiger partial charge on any atom is -0.494 e. The van der Waals surface area contributed by atoms with Gasteiger partial charge in [0.2, 0.25) is 0 Å². The Hall–Kier alpha value is -2.24. The summed E-state index contributed by atoms with van der Waals surface area (Å²) in [4.78, 5) is 26.0. The number of benzene rings is 1. The first kappa shape index (κ1) is 19.1. The minimum absolute atomic E-state index is 0.0932. The molecule has 0 bridgehead atoms. The van der Waals surface area contributed by atoms with Crippen LogP contribution in [0, 0.1) is 5.92 Å². The summed E-state index contributed by atoms with van der Waals surface area (Å²) in [5, 5.41) is 3.02. The number of piperidine rings is 1. The van der Waals surface area contributed by atoms with Crippen molar-refractivity contribution >= 4 is 12.0 Å². The molecule has 1 saturated heterocycles. The van der Waals surface area contributed by atoms with Crippen molar-refractivity contribution in [3.05, 3.63) is 29.8 Å². The molecule has 2 amide bonds. The quantitative estimate of drug-likeness (QED) is 0.802. The fraction of sp³-hybridized carbons (Fsp3) is 0.579. The number of likely N-dealkylation sites (tertiary alicyclic amines) is 1. The molecule has 6 heteroatoms. The number of amides is 2. The second-order valence-electron chi connectivity index (χ2n) is 6.19. The van der Waals surface area contributed by atoms with Crippen molar-refractivity contribution in [3.8, 4) is 5.75 Å². The van der Waals surface area contributed by atoms with E-state index in [9.17, 15) is 9.59 Å². The number of urea groups is 1. The molecule has 1 aromatic carbocycles. The Bertz CT molecular complexity index is 583. The Morgan fingerprint density at radius 1 is 1.24 bits per heavy atom. The highest BCUT2D eigenvalue weighted by atomic mass is 16.5. The largest absolute Gasteiger partial charge is 0.494 e. The average molecular weight is 348 g/mol. The van der Waals surface area contributed by atoms with Gasteiger partial charge in [-0.2, -0.15) is 0 Å². The number of esters is 1. The van der Waals surface area contributed by atoms with Crippen LogP contribution in [0.3, 0.4) is 0 Å². The van der Waals surface area contributed by atoms with Gasteiger partial charge in [0.1, 0.15) is 5.75 Å². The van der Waals surface area contributed by atoms with Gasteiger partial charge in [0.15, 0.2) is 0 Å². The molecule has 1 atom stereocenters. The summed E-state index contributed by atoms with van der Waals surface area (Å²) in [5.41, 5.74) is 1.00. The first-order valence-corrected chi connectivity index (χ1v) is 9.00. The summed E-state index contributed by atoms with van der Waals surface area (Å²) in [6.07, 6.45) is 1.31. The van der Waals surface area contributed by atoms with Crippen LogP contribution in [0.2, 0.25) is 0 Å². The predicted molar refractivity (Wildman–Crippen MR) is 95.5 cm³/mol. The third-order valence-corrected chi connectivity index (χ3v) is 4.41. The lowest BCUT2D eigenvalue weighted by Crippen LogP contribution is -2.46. The summed E-state index contributed by atoms with van der Waals surface area (Å²) < 4.78 is 10.6. The molecule has 0 aliphatic carbocycles. The second kappa shape index (κ2) is 9.30. The van der Waals surface area contributed by atoms with E-state index in [1.54, 1.807) is 4.90 Å². The number of ether oxygens (including phenoxy) is 2. The molecule has 0 unspecified atom stereocenters. The van der Waals surface area contributed by atoms with E-state index in [0.717, 1.165) is 11.3 Å². The minimum atomic E-state index is -0.149. The molecule has 0 radical (unpaired) electrons. The van der Waals surface area contributed by atoms with E-state index >= 15 is 0 Å². The number of hydrogen-bond donors (Lipinski definition) is 1. The van der Waals surface area contributed by atoms with Crippen molar-refractivity contribution in [1.82, 2.24) is 10.2 Å². The summed E-state index contributed by atoms with van der Waals surface area (Å²) in [6.45, 7) is 7.86. The maximum absolute atomic E-state index is 12.5. The van der Waals surface area contributed by atoms with Crippen LogP contribution in [0.15, 0.2) is 24.3 Å². The third kappa shape index (κ3) is 5.37. The van der Waals surface area contributed by atoms with Crippen molar-refractivity contribution < 1.29 is 19.1 Å². The highest BCUT2D eigenvalue weighted by Gasteiger charge is 2.28. The lowest BCUT2D eigenvalue weighted by Gasteiger charge is -2.32. The zero-order chi connectivity index (χ0) is 18.2. The van der Waals surface area contributed by atoms with E-state index in [1.165, 1.54) is 0 Å². The monoisotopic (exact) mass is 348 g/mol. The summed E-state index contributed by atoms with van der Waals surface area (Å²) in [6, 6.07) is 7.53. The van der Waals surface area contributed by atoms with Gasteiger partial charge in [0.05, 0.1) is 25.2 Å². The van der Waals surface area contributed by atoms with Crippen LogP contribution in [0.4, 0.5) is 4.79 Å². The number of nitrogens with zero attached hydrogens (tertiary/aromatic N) is 1. The number of hydrogen-bond acceptors (Lipinski definition) is 4. The standard InChI is InChI=1S/C19H28N2O4/c1-4-24-17-8-6-7-16(13-17)14(3)20-19(23)21-11-9-15(10-12-21)18(22)25-5-2/h6-8,13-15H,4-5,9-12H2,1-3H3,(H,20,23)/t14-/m1/s1. The zero-order valence-corrected chi connectivity index (χ0v) is 15.3. The first-order chi connectivity index (χ1) is 12.0. The molecule has 1 aliphatic heterocycles. The molecule has 1 fully saturated rings. The van der Waals surface area contributed by atoms with Gasteiger partial charge in [-0.3, -0.25) is 4.79 Å². The SMILES string of the molecule is CCOC(=O)C1CCN(C(=O)N[C@H](C)c2cccc(OCC)c2)CC1. The normalized spacial score (nSPS) is 16.2. The van der Waals surface area contributed by atoms with Gasteiger partial charge in [0.25, 0.3) is 0 Å². The van der Waals surface area contributed by atoms with Gasteiger partial charge in [-0.15, -0.1) is 0 Å². The van der Waals surface area contributed by atoms with E-state index in [0.29, 0.717) is 39.1 Å². The Balaban J connectivity index is 1.86. The van der Waals surface area contributed by atoms with Crippen LogP contribution in [0.25, 0.3) is 0 Å². The van der Waals surface area contributed by atoms with Crippen LogP contribution in [0.5, 0.6) is 5.75 Å².